The summed E-state index contributed by atoms with van der Waals surface area (Å²) >= 11 is 1.39. The van der Waals surface area contributed by atoms with Gasteiger partial charge in [-0.15, -0.1) is 0 Å². The highest BCUT2D eigenvalue weighted by Crippen LogP contribution is 2.42. The molecule has 0 spiro atoms. The van der Waals surface area contributed by atoms with Crippen LogP contribution in [0.1, 0.15) is 10.4 Å². The van der Waals surface area contributed by atoms with Gasteiger partial charge in [0, 0.05) is 29.1 Å². The lowest BCUT2D eigenvalue weighted by Crippen LogP contribution is -2.33. The lowest BCUT2D eigenvalue weighted by Gasteiger charge is -2.23. The number of methoxy groups -OCH3 is 1. The van der Waals surface area contributed by atoms with Crippen molar-refractivity contribution in [2.45, 2.75) is 9.79 Å². The van der Waals surface area contributed by atoms with Crippen LogP contribution in [0, 0.1) is 0 Å². The van der Waals surface area contributed by atoms with Crippen LogP contribution in [0.15, 0.2) is 52.3 Å². The first-order valence-corrected chi connectivity index (χ1v) is 8.59. The number of fused-ring (bicyclic) bond motifs is 2. The second kappa shape index (κ2) is 7.59. The van der Waals surface area contributed by atoms with Gasteiger partial charge >= 0.3 is 11.9 Å². The molecule has 1 aliphatic heterocycles. The second-order valence-electron chi connectivity index (χ2n) is 5.49. The number of ether oxygens (including phenoxy) is 1. The van der Waals surface area contributed by atoms with Crippen LogP contribution in [0.2, 0.25) is 0 Å². The van der Waals surface area contributed by atoms with Crippen molar-refractivity contribution in [1.82, 2.24) is 0 Å². The summed E-state index contributed by atoms with van der Waals surface area (Å²) in [5.41, 5.74) is 1.62. The summed E-state index contributed by atoms with van der Waals surface area (Å²) < 4.78 is 5.12. The lowest BCUT2D eigenvalue weighted by molar-refractivity contribution is -0.147. The SMILES string of the molecule is COCCN1C(=O)c2ccccc2Sc2cc(NC(=O)C(=O)O)ccc21. The topological polar surface area (TPSA) is 95.9 Å². The van der Waals surface area contributed by atoms with Gasteiger partial charge in [-0.25, -0.2) is 4.79 Å². The van der Waals surface area contributed by atoms with E-state index in [2.05, 4.69) is 5.32 Å². The fourth-order valence-corrected chi connectivity index (χ4v) is 3.71. The van der Waals surface area contributed by atoms with Gasteiger partial charge in [0.05, 0.1) is 17.9 Å². The molecule has 7 nitrogen and oxygen atoms in total. The zero-order valence-electron chi connectivity index (χ0n) is 13.9. The Morgan fingerprint density at radius 3 is 2.69 bits per heavy atom. The third-order valence-electron chi connectivity index (χ3n) is 3.80. The van der Waals surface area contributed by atoms with Crippen molar-refractivity contribution >= 4 is 40.9 Å². The Balaban J connectivity index is 2.04. The molecular weight excluding hydrogens is 356 g/mol. The van der Waals surface area contributed by atoms with Gasteiger partial charge in [-0.2, -0.15) is 0 Å². The molecule has 2 N–H and O–H groups in total. The fourth-order valence-electron chi connectivity index (χ4n) is 2.59. The summed E-state index contributed by atoms with van der Waals surface area (Å²) in [5, 5.41) is 11.1. The van der Waals surface area contributed by atoms with Gasteiger partial charge < -0.3 is 20.1 Å². The molecule has 0 saturated heterocycles. The number of benzene rings is 2. The molecule has 1 heterocycles. The number of carbonyl (C=O) groups is 3. The number of rotatable bonds is 4. The monoisotopic (exact) mass is 372 g/mol. The van der Waals surface area contributed by atoms with Gasteiger partial charge in [-0.3, -0.25) is 9.59 Å². The van der Waals surface area contributed by atoms with Crippen LogP contribution in [0.25, 0.3) is 0 Å². The zero-order valence-corrected chi connectivity index (χ0v) is 14.7. The molecule has 0 bridgehead atoms. The highest BCUT2D eigenvalue weighted by molar-refractivity contribution is 7.99. The quantitative estimate of drug-likeness (QED) is 0.801. The summed E-state index contributed by atoms with van der Waals surface area (Å²) in [6, 6.07) is 12.2. The van der Waals surface area contributed by atoms with Crippen molar-refractivity contribution in [2.75, 3.05) is 30.5 Å². The van der Waals surface area contributed by atoms with Gasteiger partial charge in [0.2, 0.25) is 0 Å². The predicted octanol–water partition coefficient (Wildman–Crippen LogP) is 2.47. The molecule has 0 aromatic heterocycles. The summed E-state index contributed by atoms with van der Waals surface area (Å²) in [5.74, 6) is -2.81. The van der Waals surface area contributed by atoms with E-state index in [1.165, 1.54) is 11.8 Å². The molecule has 0 unspecified atom stereocenters. The maximum Gasteiger partial charge on any atom is 0.394 e. The van der Waals surface area contributed by atoms with Crippen molar-refractivity contribution in [3.8, 4) is 0 Å². The maximum absolute atomic E-state index is 13.0. The standard InChI is InChI=1S/C18H16N2O5S/c1-25-9-8-20-13-7-6-11(19-16(21)18(23)24)10-15(13)26-14-5-3-2-4-12(14)17(20)22/h2-7,10H,8-9H2,1H3,(H,19,21)(H,23,24). The molecule has 8 heteroatoms. The highest BCUT2D eigenvalue weighted by atomic mass is 32.2. The van der Waals surface area contributed by atoms with E-state index in [1.54, 1.807) is 42.3 Å². The Morgan fingerprint density at radius 2 is 1.96 bits per heavy atom. The van der Waals surface area contributed by atoms with Gasteiger partial charge in [0.25, 0.3) is 5.91 Å². The molecule has 0 saturated carbocycles. The van der Waals surface area contributed by atoms with E-state index in [9.17, 15) is 14.4 Å². The first-order chi connectivity index (χ1) is 12.5. The molecule has 0 radical (unpaired) electrons. The number of hydrogen-bond acceptors (Lipinski definition) is 5. The lowest BCUT2D eigenvalue weighted by atomic mass is 10.1. The normalized spacial score (nSPS) is 12.8. The molecule has 2 amide bonds. The minimum absolute atomic E-state index is 0.133. The average molecular weight is 372 g/mol. The molecule has 26 heavy (non-hydrogen) atoms. The Hall–Kier alpha value is -2.84. The Labute approximate surface area is 153 Å². The first kappa shape index (κ1) is 18.0. The molecule has 2 aromatic carbocycles. The van der Waals surface area contributed by atoms with E-state index in [1.807, 2.05) is 12.1 Å². The Morgan fingerprint density at radius 1 is 1.19 bits per heavy atom. The van der Waals surface area contributed by atoms with E-state index in [0.717, 1.165) is 9.79 Å². The summed E-state index contributed by atoms with van der Waals surface area (Å²) in [6.07, 6.45) is 0. The first-order valence-electron chi connectivity index (χ1n) is 7.77. The van der Waals surface area contributed by atoms with Crippen LogP contribution in [0.3, 0.4) is 0 Å². The average Bonchev–Trinajstić information content (AvgIpc) is 2.74. The number of anilines is 2. The summed E-state index contributed by atoms with van der Waals surface area (Å²) in [6.45, 7) is 0.744. The van der Waals surface area contributed by atoms with Gasteiger partial charge in [0.15, 0.2) is 0 Å². The number of carboxylic acids is 1. The summed E-state index contributed by atoms with van der Waals surface area (Å²) in [7, 11) is 1.57. The van der Waals surface area contributed by atoms with Crippen LogP contribution < -0.4 is 10.2 Å². The largest absolute Gasteiger partial charge is 0.474 e. The van der Waals surface area contributed by atoms with E-state index in [-0.39, 0.29) is 5.91 Å². The minimum atomic E-state index is -1.56. The number of carboxylic acid groups (broad SMARTS) is 1. The van der Waals surface area contributed by atoms with E-state index in [0.29, 0.717) is 30.1 Å². The van der Waals surface area contributed by atoms with Gasteiger partial charge in [0.1, 0.15) is 0 Å². The van der Waals surface area contributed by atoms with Crippen molar-refractivity contribution in [2.24, 2.45) is 0 Å². The number of nitrogens with one attached hydrogen (secondary N) is 1. The fraction of sp³-hybridized carbons (Fsp3) is 0.167. The number of aliphatic carboxylic acids is 1. The molecule has 134 valence electrons. The van der Waals surface area contributed by atoms with Crippen molar-refractivity contribution in [3.63, 3.8) is 0 Å². The number of amides is 2. The highest BCUT2D eigenvalue weighted by Gasteiger charge is 2.27. The smallest absolute Gasteiger partial charge is 0.394 e. The van der Waals surface area contributed by atoms with Crippen molar-refractivity contribution in [1.29, 1.82) is 0 Å². The number of carbonyl (C=O) groups excluding carboxylic acids is 2. The molecule has 0 aliphatic carbocycles. The van der Waals surface area contributed by atoms with Crippen LogP contribution in [0.5, 0.6) is 0 Å². The predicted molar refractivity (Wildman–Crippen MR) is 96.8 cm³/mol. The number of nitrogens with zero attached hydrogens (tertiary/aromatic N) is 1. The molecule has 3 rings (SSSR count). The molecule has 0 atom stereocenters. The summed E-state index contributed by atoms with van der Waals surface area (Å²) in [4.78, 5) is 38.3. The molecular formula is C18H16N2O5S. The Kier molecular flexibility index (Phi) is 5.24. The van der Waals surface area contributed by atoms with Crippen LogP contribution >= 0.6 is 11.8 Å². The third kappa shape index (κ3) is 3.56. The van der Waals surface area contributed by atoms with Gasteiger partial charge in [-0.1, -0.05) is 23.9 Å². The second-order valence-corrected chi connectivity index (χ2v) is 6.57. The minimum Gasteiger partial charge on any atom is -0.474 e. The number of hydrogen-bond donors (Lipinski definition) is 2. The van der Waals surface area contributed by atoms with E-state index < -0.39 is 11.9 Å². The van der Waals surface area contributed by atoms with Crippen molar-refractivity contribution in [3.05, 3.63) is 48.0 Å². The Bertz CT molecular complexity index is 884. The third-order valence-corrected chi connectivity index (χ3v) is 4.93. The molecule has 2 aromatic rings. The van der Waals surface area contributed by atoms with Crippen LogP contribution in [-0.2, 0) is 14.3 Å². The molecule has 1 aliphatic rings. The van der Waals surface area contributed by atoms with Crippen LogP contribution in [0.4, 0.5) is 11.4 Å². The van der Waals surface area contributed by atoms with E-state index in [4.69, 9.17) is 9.84 Å². The molecule has 0 fully saturated rings. The zero-order chi connectivity index (χ0) is 18.7. The van der Waals surface area contributed by atoms with E-state index >= 15 is 0 Å². The van der Waals surface area contributed by atoms with Crippen molar-refractivity contribution < 1.29 is 24.2 Å². The maximum atomic E-state index is 13.0. The van der Waals surface area contributed by atoms with Crippen LogP contribution in [-0.4, -0.2) is 43.2 Å². The van der Waals surface area contributed by atoms with Gasteiger partial charge in [-0.05, 0) is 30.3 Å².